The molecule has 0 rings (SSSR count). The summed E-state index contributed by atoms with van der Waals surface area (Å²) in [6.07, 6.45) is -6.28. The number of hydrogen-bond donors (Lipinski definition) is 3. The van der Waals surface area contributed by atoms with Crippen LogP contribution in [0.2, 0.25) is 0 Å². The molecule has 0 aliphatic carbocycles. The Bertz CT molecular complexity index is 1180. The Kier molecular flexibility index (Phi) is 8.29. The second-order valence-electron chi connectivity index (χ2n) is 10.1. The van der Waals surface area contributed by atoms with Gasteiger partial charge in [-0.2, -0.15) is 0 Å². The highest BCUT2D eigenvalue weighted by atomic mass is 16.6. The Hall–Kier alpha value is -1.63. The van der Waals surface area contributed by atoms with Crippen LogP contribution in [0.25, 0.3) is 0 Å². The van der Waals surface area contributed by atoms with Gasteiger partial charge in [-0.05, 0) is 70.0 Å². The van der Waals surface area contributed by atoms with Crippen LogP contribution in [0.4, 0.5) is 0 Å². The monoisotopic (exact) mass is 516 g/mol. The van der Waals surface area contributed by atoms with Crippen LogP contribution in [0.15, 0.2) is 0 Å². The molecule has 0 aromatic carbocycles. The lowest BCUT2D eigenvalue weighted by Gasteiger charge is -2.23. The number of hydrogen-bond acceptors (Lipinski definition) is 5. The smallest absolute Gasteiger partial charge is 0.307 e. The molecule has 0 radical (unpaired) electrons. The molecule has 0 aromatic rings. The van der Waals surface area contributed by atoms with Crippen molar-refractivity contribution in [3.63, 3.8) is 0 Å². The summed E-state index contributed by atoms with van der Waals surface area (Å²) in [6, 6.07) is -1.05. The maximum Gasteiger partial charge on any atom is 0.307 e. The van der Waals surface area contributed by atoms with Crippen molar-refractivity contribution < 1.29 is 41.1 Å². The van der Waals surface area contributed by atoms with Crippen LogP contribution in [0.1, 0.15) is 130 Å². The van der Waals surface area contributed by atoms with Gasteiger partial charge < -0.3 is 21.1 Å². The van der Waals surface area contributed by atoms with Crippen molar-refractivity contribution >= 4 is 17.8 Å². The van der Waals surface area contributed by atoms with Crippen LogP contribution in [-0.4, -0.2) is 42.4 Å². The minimum absolute atomic E-state index is 0.0281. The van der Waals surface area contributed by atoms with Gasteiger partial charge in [0.15, 0.2) is 0 Å². The number of ether oxygens (including phenoxy) is 1. The van der Waals surface area contributed by atoms with Crippen molar-refractivity contribution in [1.29, 1.82) is 0 Å². The fourth-order valence-corrected chi connectivity index (χ4v) is 2.62. The molecule has 4 N–H and O–H groups in total. The molecule has 0 heterocycles. The number of nitrogens with one attached hydrogen (secondary N) is 2. The van der Waals surface area contributed by atoms with E-state index in [4.69, 9.17) is 32.4 Å². The number of amides is 2. The van der Waals surface area contributed by atoms with Crippen molar-refractivity contribution in [3.05, 3.63) is 0 Å². The van der Waals surface area contributed by atoms with E-state index < -0.39 is 86.6 Å². The molecule has 208 valence electrons. The summed E-state index contributed by atoms with van der Waals surface area (Å²) in [6.45, 7) is 1.33. The number of carbonyl (C=O) groups excluding carboxylic acids is 3. The third-order valence-electron chi connectivity index (χ3n) is 3.89. The quantitative estimate of drug-likeness (QED) is 0.280. The zero-order valence-electron chi connectivity index (χ0n) is 38.6. The summed E-state index contributed by atoms with van der Waals surface area (Å²) in [5.74, 6) is -9.08. The van der Waals surface area contributed by atoms with Gasteiger partial charge in [0.2, 0.25) is 11.8 Å². The Morgan fingerprint density at radius 2 is 1.34 bits per heavy atom. The molecule has 0 fully saturated rings. The average molecular weight is 516 g/mol. The summed E-state index contributed by atoms with van der Waals surface area (Å²) in [5, 5.41) is 3.69. The van der Waals surface area contributed by atoms with Crippen molar-refractivity contribution in [2.45, 2.75) is 120 Å². The highest BCUT2D eigenvalue weighted by Crippen LogP contribution is 2.19. The molecule has 0 aliphatic heterocycles. The topological polar surface area (TPSA) is 111 Å². The predicted octanol–water partition coefficient (Wildman–Crippen LogP) is 5.06. The molecule has 4 atom stereocenters. The van der Waals surface area contributed by atoms with Crippen molar-refractivity contribution in [2.75, 3.05) is 13.0 Å². The molecule has 0 saturated heterocycles. The van der Waals surface area contributed by atoms with E-state index in [2.05, 4.69) is 0 Å². The Labute approximate surface area is 238 Å². The molecule has 35 heavy (non-hydrogen) atoms. The van der Waals surface area contributed by atoms with Crippen LogP contribution in [0, 0.1) is 29.5 Å². The van der Waals surface area contributed by atoms with Gasteiger partial charge in [-0.15, -0.1) is 0 Å². The van der Waals surface area contributed by atoms with Gasteiger partial charge in [-0.25, -0.2) is 0 Å². The van der Waals surface area contributed by atoms with E-state index in [1.165, 1.54) is 0 Å². The van der Waals surface area contributed by atoms with Gasteiger partial charge in [-0.1, -0.05) is 55.2 Å². The minimum atomic E-state index is -3.25. The van der Waals surface area contributed by atoms with Gasteiger partial charge >= 0.3 is 5.97 Å². The van der Waals surface area contributed by atoms with Crippen molar-refractivity contribution in [2.24, 2.45) is 35.3 Å². The maximum atomic E-state index is 12.7. The third-order valence-corrected chi connectivity index (χ3v) is 3.89. The summed E-state index contributed by atoms with van der Waals surface area (Å²) in [4.78, 5) is 36.7. The van der Waals surface area contributed by atoms with Crippen LogP contribution < -0.4 is 16.4 Å². The highest BCUT2D eigenvalue weighted by molar-refractivity contribution is 5.83. The third kappa shape index (κ3) is 23.9. The molecule has 0 bridgehead atoms. The Morgan fingerprint density at radius 3 is 1.74 bits per heavy atom. The lowest BCUT2D eigenvalue weighted by molar-refractivity contribution is -0.157. The summed E-state index contributed by atoms with van der Waals surface area (Å²) in [5.41, 5.74) is 4.84. The van der Waals surface area contributed by atoms with E-state index in [-0.39, 0.29) is 31.1 Å². The van der Waals surface area contributed by atoms with Crippen molar-refractivity contribution in [1.82, 2.24) is 10.6 Å². The zero-order valence-corrected chi connectivity index (χ0v) is 22.6. The largest absolute Gasteiger partial charge is 0.460 e. The van der Waals surface area contributed by atoms with E-state index in [9.17, 15) is 14.4 Å². The average Bonchev–Trinajstić information content (AvgIpc) is 2.84. The Morgan fingerprint density at radius 1 is 0.886 bits per heavy atom. The van der Waals surface area contributed by atoms with E-state index >= 15 is 0 Å². The molecule has 2 unspecified atom stereocenters. The number of carbonyl (C=O) groups is 3. The number of nitrogens with two attached hydrogens (primary N) is 1. The fourth-order valence-electron chi connectivity index (χ4n) is 2.62. The molecule has 2 amide bonds. The SMILES string of the molecule is [2H]C([2H])([2H])C([2H])(C)C([2H])([2H])C([2H])([2H])NC(=O)[C@@H](CC(=O)OC(C)(C)C)CC(C)C.[2H]C([2H])([2H])C([2H])(C)C([2H])([2H])C([2H])([2H])NC(=O)[C@@H](N)CC(C)C. The van der Waals surface area contributed by atoms with Crippen LogP contribution in [0.3, 0.4) is 0 Å². The number of rotatable bonds is 14. The van der Waals surface area contributed by atoms with E-state index in [0.29, 0.717) is 0 Å². The predicted molar refractivity (Wildman–Crippen MR) is 146 cm³/mol. The fraction of sp³-hybridized carbons (Fsp3) is 0.893. The molecule has 0 aromatic heterocycles. The van der Waals surface area contributed by atoms with Crippen molar-refractivity contribution in [3.8, 4) is 0 Å². The van der Waals surface area contributed by atoms with Gasteiger partial charge in [-0.3, -0.25) is 14.4 Å². The zero-order chi connectivity index (χ0) is 41.8. The Balaban J connectivity index is 0. The van der Waals surface area contributed by atoms with Gasteiger partial charge in [0.1, 0.15) is 5.60 Å². The van der Waals surface area contributed by atoms with E-state index in [1.807, 2.05) is 19.2 Å². The molecular formula is C28H57N3O4. The van der Waals surface area contributed by atoms with E-state index in [1.54, 1.807) is 39.9 Å². The van der Waals surface area contributed by atoms with Crippen LogP contribution >= 0.6 is 0 Å². The summed E-state index contributed by atoms with van der Waals surface area (Å²) >= 11 is 0. The molecule has 7 heteroatoms. The van der Waals surface area contributed by atoms with E-state index in [0.717, 1.165) is 13.8 Å². The molecule has 7 nitrogen and oxygen atoms in total. The molecular weight excluding hydrogens is 442 g/mol. The first kappa shape index (κ1) is 15.6. The molecule has 0 spiro atoms. The second kappa shape index (κ2) is 18.6. The lowest BCUT2D eigenvalue weighted by Crippen LogP contribution is -2.41. The minimum Gasteiger partial charge on any atom is -0.460 e. The summed E-state index contributed by atoms with van der Waals surface area (Å²) in [7, 11) is 0. The maximum absolute atomic E-state index is 12.7. The second-order valence-corrected chi connectivity index (χ2v) is 10.1. The van der Waals surface area contributed by atoms with Gasteiger partial charge in [0, 0.05) is 40.8 Å². The van der Waals surface area contributed by atoms with Crippen LogP contribution in [0.5, 0.6) is 0 Å². The van der Waals surface area contributed by atoms with Gasteiger partial charge in [0.25, 0.3) is 0 Å². The highest BCUT2D eigenvalue weighted by Gasteiger charge is 2.26. The summed E-state index contributed by atoms with van der Waals surface area (Å²) < 4.78 is 127. The standard InChI is InChI=1S/C17H33NO3.C11H24N2O/c1-12(2)8-9-18-16(20)14(10-13(3)4)11-15(19)21-17(5,6)7;1-8(2)5-6-13-11(14)10(12)7-9(3)4/h12-14H,8-11H2,1-7H3,(H,18,20);8-10H,5-7,12H2,1-4H3,(H,13,14)/t14-;10-/m10/s1/i1D3,8D2,9D2,12D;1D3,5D2,6D2,8D/t12?,14-;8?,10-. The first-order chi connectivity index (χ1) is 22.0. The first-order valence-corrected chi connectivity index (χ1v) is 11.6. The first-order valence-electron chi connectivity index (χ1n) is 19.6. The number of esters is 1. The normalized spacial score (nSPS) is 25.8. The van der Waals surface area contributed by atoms with Gasteiger partial charge in [0.05, 0.1) is 12.5 Å². The molecule has 0 aliphatic rings. The molecule has 0 saturated carbocycles. The lowest BCUT2D eigenvalue weighted by atomic mass is 9.93. The van der Waals surface area contributed by atoms with Crippen LogP contribution in [-0.2, 0) is 19.1 Å².